The summed E-state index contributed by atoms with van der Waals surface area (Å²) in [6.45, 7) is 0.880. The third-order valence-electron chi connectivity index (χ3n) is 3.22. The van der Waals surface area contributed by atoms with E-state index in [0.717, 1.165) is 11.4 Å². The van der Waals surface area contributed by atoms with Gasteiger partial charge in [0.15, 0.2) is 11.6 Å². The highest BCUT2D eigenvalue weighted by Crippen LogP contribution is 2.23. The first-order valence-electron chi connectivity index (χ1n) is 7.15. The van der Waals surface area contributed by atoms with E-state index in [1.807, 2.05) is 30.5 Å². The van der Waals surface area contributed by atoms with Crippen LogP contribution in [0.15, 0.2) is 60.9 Å². The third kappa shape index (κ3) is 3.81. The van der Waals surface area contributed by atoms with Gasteiger partial charge in [0.1, 0.15) is 6.61 Å². The van der Waals surface area contributed by atoms with Crippen LogP contribution in [0.3, 0.4) is 0 Å². The zero-order chi connectivity index (χ0) is 16.1. The van der Waals surface area contributed by atoms with Crippen LogP contribution >= 0.6 is 11.6 Å². The number of halogens is 2. The normalized spacial score (nSPS) is 10.5. The minimum atomic E-state index is -0.362. The molecule has 3 aromatic rings. The first-order chi connectivity index (χ1) is 11.2. The van der Waals surface area contributed by atoms with Crippen molar-refractivity contribution in [2.45, 2.75) is 0 Å². The zero-order valence-corrected chi connectivity index (χ0v) is 13.0. The maximum absolute atomic E-state index is 13.4. The van der Waals surface area contributed by atoms with Crippen LogP contribution in [0.4, 0.5) is 10.1 Å². The van der Waals surface area contributed by atoms with E-state index < -0.39 is 0 Å². The highest BCUT2D eigenvalue weighted by molar-refractivity contribution is 6.32. The molecular formula is C17H15ClFN3O. The second-order valence-corrected chi connectivity index (χ2v) is 5.23. The Labute approximate surface area is 138 Å². The van der Waals surface area contributed by atoms with Crippen molar-refractivity contribution in [3.63, 3.8) is 0 Å². The number of aromatic nitrogens is 2. The van der Waals surface area contributed by atoms with E-state index in [1.165, 1.54) is 6.07 Å². The minimum absolute atomic E-state index is 0.251. The number of anilines is 1. The van der Waals surface area contributed by atoms with E-state index in [9.17, 15) is 4.39 Å². The molecule has 1 N–H and O–H groups in total. The number of nitrogens with one attached hydrogen (secondary N) is 1. The Morgan fingerprint density at radius 1 is 1.17 bits per heavy atom. The summed E-state index contributed by atoms with van der Waals surface area (Å²) in [5, 5.41) is 7.93. The lowest BCUT2D eigenvalue weighted by Gasteiger charge is -2.11. The van der Waals surface area contributed by atoms with Gasteiger partial charge in [-0.25, -0.2) is 9.07 Å². The molecule has 4 nitrogen and oxygen atoms in total. The van der Waals surface area contributed by atoms with Crippen LogP contribution in [0.25, 0.3) is 5.69 Å². The molecule has 1 aromatic heterocycles. The van der Waals surface area contributed by atoms with Crippen LogP contribution in [0.5, 0.6) is 5.75 Å². The van der Waals surface area contributed by atoms with Gasteiger partial charge in [0.05, 0.1) is 10.7 Å². The van der Waals surface area contributed by atoms with Gasteiger partial charge in [0.25, 0.3) is 0 Å². The Kier molecular flexibility index (Phi) is 4.78. The molecule has 0 aliphatic rings. The fourth-order valence-corrected chi connectivity index (χ4v) is 2.40. The number of para-hydroxylation sites is 1. The summed E-state index contributed by atoms with van der Waals surface area (Å²) >= 11 is 6.27. The summed E-state index contributed by atoms with van der Waals surface area (Å²) in [5.41, 5.74) is 1.67. The van der Waals surface area contributed by atoms with Gasteiger partial charge in [-0.2, -0.15) is 5.10 Å². The van der Waals surface area contributed by atoms with Gasteiger partial charge >= 0.3 is 0 Å². The molecule has 1 heterocycles. The second-order valence-electron chi connectivity index (χ2n) is 4.82. The average Bonchev–Trinajstić information content (AvgIpc) is 3.07. The molecule has 0 unspecified atom stereocenters. The molecule has 3 rings (SSSR count). The van der Waals surface area contributed by atoms with Crippen molar-refractivity contribution in [3.8, 4) is 11.4 Å². The van der Waals surface area contributed by atoms with Crippen LogP contribution in [0, 0.1) is 5.82 Å². The van der Waals surface area contributed by atoms with Crippen molar-refractivity contribution in [2.75, 3.05) is 18.5 Å². The molecule has 118 valence electrons. The van der Waals surface area contributed by atoms with Crippen molar-refractivity contribution in [1.29, 1.82) is 0 Å². The van der Waals surface area contributed by atoms with Gasteiger partial charge in [0.2, 0.25) is 0 Å². The summed E-state index contributed by atoms with van der Waals surface area (Å²) in [4.78, 5) is 0. The Morgan fingerprint density at radius 2 is 2.04 bits per heavy atom. The van der Waals surface area contributed by atoms with Gasteiger partial charge in [-0.3, -0.25) is 0 Å². The third-order valence-corrected chi connectivity index (χ3v) is 3.53. The van der Waals surface area contributed by atoms with Gasteiger partial charge in [-0.15, -0.1) is 0 Å². The molecule has 0 saturated heterocycles. The SMILES string of the molecule is Fc1ccccc1OCCNc1ccc(-n2cccn2)c(Cl)c1. The monoisotopic (exact) mass is 331 g/mol. The Morgan fingerprint density at radius 3 is 2.78 bits per heavy atom. The molecule has 0 atom stereocenters. The molecule has 0 aliphatic heterocycles. The summed E-state index contributed by atoms with van der Waals surface area (Å²) in [5.74, 6) is -0.111. The lowest BCUT2D eigenvalue weighted by molar-refractivity contribution is 0.315. The maximum Gasteiger partial charge on any atom is 0.165 e. The van der Waals surface area contributed by atoms with Crippen molar-refractivity contribution in [1.82, 2.24) is 9.78 Å². The number of rotatable bonds is 6. The first kappa shape index (κ1) is 15.4. The highest BCUT2D eigenvalue weighted by atomic mass is 35.5. The summed E-state index contributed by atoms with van der Waals surface area (Å²) in [6, 6.07) is 13.8. The van der Waals surface area contributed by atoms with Crippen LogP contribution < -0.4 is 10.1 Å². The minimum Gasteiger partial charge on any atom is -0.489 e. The topological polar surface area (TPSA) is 39.1 Å². The molecule has 0 radical (unpaired) electrons. The number of hydrogen-bond donors (Lipinski definition) is 1. The van der Waals surface area contributed by atoms with Crippen molar-refractivity contribution in [2.24, 2.45) is 0 Å². The molecular weight excluding hydrogens is 317 g/mol. The average molecular weight is 332 g/mol. The van der Waals surface area contributed by atoms with Gasteiger partial charge < -0.3 is 10.1 Å². The fraction of sp³-hybridized carbons (Fsp3) is 0.118. The van der Waals surface area contributed by atoms with Crippen molar-refractivity contribution < 1.29 is 9.13 Å². The molecule has 6 heteroatoms. The Bertz CT molecular complexity index is 777. The molecule has 0 spiro atoms. The van der Waals surface area contributed by atoms with Gasteiger partial charge in [0, 0.05) is 24.6 Å². The largest absolute Gasteiger partial charge is 0.489 e. The number of benzene rings is 2. The predicted octanol–water partition coefficient (Wildman–Crippen LogP) is 4.16. The number of nitrogens with zero attached hydrogens (tertiary/aromatic N) is 2. The van der Waals surface area contributed by atoms with E-state index in [4.69, 9.17) is 16.3 Å². The quantitative estimate of drug-likeness (QED) is 0.689. The second kappa shape index (κ2) is 7.15. The van der Waals surface area contributed by atoms with Gasteiger partial charge in [-0.05, 0) is 36.4 Å². The molecule has 0 amide bonds. The first-order valence-corrected chi connectivity index (χ1v) is 7.52. The number of ether oxygens (including phenoxy) is 1. The molecule has 0 bridgehead atoms. The van der Waals surface area contributed by atoms with E-state index in [2.05, 4.69) is 10.4 Å². The van der Waals surface area contributed by atoms with Crippen LogP contribution in [-0.2, 0) is 0 Å². The predicted molar refractivity (Wildman–Crippen MR) is 89.0 cm³/mol. The van der Waals surface area contributed by atoms with Gasteiger partial charge in [-0.1, -0.05) is 23.7 Å². The van der Waals surface area contributed by atoms with E-state index in [1.54, 1.807) is 29.1 Å². The van der Waals surface area contributed by atoms with E-state index >= 15 is 0 Å². The Balaban J connectivity index is 1.55. The summed E-state index contributed by atoms with van der Waals surface area (Å²) in [6.07, 6.45) is 3.53. The summed E-state index contributed by atoms with van der Waals surface area (Å²) in [7, 11) is 0. The standard InChI is InChI=1S/C17H15ClFN3O/c18-14-12-13(6-7-16(14)22-10-3-8-21-22)20-9-11-23-17-5-2-1-4-15(17)19/h1-8,10,12,20H,9,11H2. The van der Waals surface area contributed by atoms with E-state index in [-0.39, 0.29) is 11.6 Å². The Hall–Kier alpha value is -2.53. The van der Waals surface area contributed by atoms with E-state index in [0.29, 0.717) is 18.2 Å². The van der Waals surface area contributed by atoms with Crippen molar-refractivity contribution in [3.05, 3.63) is 71.8 Å². The number of hydrogen-bond acceptors (Lipinski definition) is 3. The lowest BCUT2D eigenvalue weighted by atomic mass is 10.2. The fourth-order valence-electron chi connectivity index (χ4n) is 2.13. The molecule has 2 aromatic carbocycles. The molecule has 0 aliphatic carbocycles. The smallest absolute Gasteiger partial charge is 0.165 e. The maximum atomic E-state index is 13.4. The van der Waals surface area contributed by atoms with Crippen LogP contribution in [-0.4, -0.2) is 22.9 Å². The lowest BCUT2D eigenvalue weighted by Crippen LogP contribution is -2.12. The molecule has 23 heavy (non-hydrogen) atoms. The van der Waals surface area contributed by atoms with Crippen LogP contribution in [0.2, 0.25) is 5.02 Å². The van der Waals surface area contributed by atoms with Crippen molar-refractivity contribution >= 4 is 17.3 Å². The van der Waals surface area contributed by atoms with Crippen LogP contribution in [0.1, 0.15) is 0 Å². The molecule has 0 fully saturated rings. The zero-order valence-electron chi connectivity index (χ0n) is 12.2. The molecule has 0 saturated carbocycles. The highest BCUT2D eigenvalue weighted by Gasteiger charge is 2.05. The summed E-state index contributed by atoms with van der Waals surface area (Å²) < 4.78 is 20.5.